The molecule has 0 radical (unpaired) electrons. The Morgan fingerprint density at radius 3 is 2.45 bits per heavy atom. The Morgan fingerprint density at radius 2 is 1.77 bits per heavy atom. The number of amides is 4. The molecule has 0 atom stereocenters. The third kappa shape index (κ3) is 2.46. The van der Waals surface area contributed by atoms with Gasteiger partial charge in [0.25, 0.3) is 11.8 Å². The van der Waals surface area contributed by atoms with Gasteiger partial charge in [-0.05, 0) is 23.8 Å². The molecule has 1 fully saturated rings. The standard InChI is InChI=1S/C14H12N2O6/c1-20-9-5-7(6-10-11(9)22-3-2-21-10)4-8-12(17)15-14(19)16-13(8)18/h4-6H,2-3H2,1H3,(H2,15,16,17,18,19). The smallest absolute Gasteiger partial charge is 0.328 e. The first kappa shape index (κ1) is 13.9. The highest BCUT2D eigenvalue weighted by molar-refractivity contribution is 6.31. The first-order valence-electron chi connectivity index (χ1n) is 6.44. The fraction of sp³-hybridized carbons (Fsp3) is 0.214. The fourth-order valence-electron chi connectivity index (χ4n) is 2.15. The summed E-state index contributed by atoms with van der Waals surface area (Å²) in [7, 11) is 1.48. The molecule has 3 rings (SSSR count). The van der Waals surface area contributed by atoms with Crippen LogP contribution < -0.4 is 24.8 Å². The van der Waals surface area contributed by atoms with Crippen LogP contribution in [0, 0.1) is 0 Å². The Morgan fingerprint density at radius 1 is 1.09 bits per heavy atom. The van der Waals surface area contributed by atoms with Crippen molar-refractivity contribution in [2.24, 2.45) is 0 Å². The van der Waals surface area contributed by atoms with Crippen molar-refractivity contribution in [1.82, 2.24) is 10.6 Å². The summed E-state index contributed by atoms with van der Waals surface area (Å²) in [5, 5.41) is 4.01. The first-order valence-corrected chi connectivity index (χ1v) is 6.44. The number of hydrogen-bond acceptors (Lipinski definition) is 6. The number of benzene rings is 1. The fourth-order valence-corrected chi connectivity index (χ4v) is 2.15. The zero-order valence-electron chi connectivity index (χ0n) is 11.6. The molecule has 8 heteroatoms. The second-order valence-corrected chi connectivity index (χ2v) is 4.54. The minimum absolute atomic E-state index is 0.182. The molecule has 0 aromatic heterocycles. The molecule has 0 spiro atoms. The van der Waals surface area contributed by atoms with Crippen LogP contribution in [0.3, 0.4) is 0 Å². The molecule has 1 aromatic rings. The Hall–Kier alpha value is -3.03. The molecule has 1 saturated heterocycles. The van der Waals surface area contributed by atoms with Crippen LogP contribution in [0.1, 0.15) is 5.56 Å². The van der Waals surface area contributed by atoms with E-state index in [1.54, 1.807) is 12.1 Å². The number of rotatable bonds is 2. The summed E-state index contributed by atoms with van der Waals surface area (Å²) >= 11 is 0. The number of ether oxygens (including phenoxy) is 3. The molecule has 0 saturated carbocycles. The van der Waals surface area contributed by atoms with Crippen molar-refractivity contribution in [3.63, 3.8) is 0 Å². The predicted molar refractivity (Wildman–Crippen MR) is 73.6 cm³/mol. The molecule has 4 amide bonds. The topological polar surface area (TPSA) is 103 Å². The van der Waals surface area contributed by atoms with E-state index in [4.69, 9.17) is 14.2 Å². The lowest BCUT2D eigenvalue weighted by Crippen LogP contribution is -2.51. The summed E-state index contributed by atoms with van der Waals surface area (Å²) in [5.74, 6) is -0.157. The number of nitrogens with one attached hydrogen (secondary N) is 2. The van der Waals surface area contributed by atoms with Gasteiger partial charge in [-0.15, -0.1) is 0 Å². The van der Waals surface area contributed by atoms with Crippen molar-refractivity contribution in [1.29, 1.82) is 0 Å². The second kappa shape index (κ2) is 5.40. The number of carbonyl (C=O) groups is 3. The van der Waals surface area contributed by atoms with Crippen molar-refractivity contribution in [2.75, 3.05) is 20.3 Å². The Balaban J connectivity index is 2.01. The van der Waals surface area contributed by atoms with Crippen molar-refractivity contribution in [2.45, 2.75) is 0 Å². The summed E-state index contributed by atoms with van der Waals surface area (Å²) in [6.45, 7) is 0.808. The molecule has 2 aliphatic rings. The number of carbonyl (C=O) groups excluding carboxylic acids is 3. The third-order valence-electron chi connectivity index (χ3n) is 3.10. The van der Waals surface area contributed by atoms with Gasteiger partial charge in [0.2, 0.25) is 5.75 Å². The van der Waals surface area contributed by atoms with Crippen molar-refractivity contribution in [3.8, 4) is 17.2 Å². The van der Waals surface area contributed by atoms with E-state index >= 15 is 0 Å². The molecule has 2 heterocycles. The molecule has 22 heavy (non-hydrogen) atoms. The van der Waals surface area contributed by atoms with Crippen LogP contribution in [0.4, 0.5) is 4.79 Å². The summed E-state index contributed by atoms with van der Waals surface area (Å²) in [4.78, 5) is 34.5. The molecular formula is C14H12N2O6. The summed E-state index contributed by atoms with van der Waals surface area (Å²) < 4.78 is 16.2. The van der Waals surface area contributed by atoms with Crippen molar-refractivity contribution in [3.05, 3.63) is 23.3 Å². The van der Waals surface area contributed by atoms with Gasteiger partial charge in [0.15, 0.2) is 11.5 Å². The van der Waals surface area contributed by atoms with Gasteiger partial charge >= 0.3 is 6.03 Å². The van der Waals surface area contributed by atoms with E-state index in [0.29, 0.717) is 36.0 Å². The van der Waals surface area contributed by atoms with Crippen molar-refractivity contribution < 1.29 is 28.6 Å². The van der Waals surface area contributed by atoms with Crippen LogP contribution in [0.2, 0.25) is 0 Å². The van der Waals surface area contributed by atoms with Gasteiger partial charge in [0.1, 0.15) is 18.8 Å². The van der Waals surface area contributed by atoms with Gasteiger partial charge in [0.05, 0.1) is 7.11 Å². The lowest BCUT2D eigenvalue weighted by atomic mass is 10.1. The van der Waals surface area contributed by atoms with E-state index in [0.717, 1.165) is 0 Å². The highest BCUT2D eigenvalue weighted by Crippen LogP contribution is 2.40. The monoisotopic (exact) mass is 304 g/mol. The quantitative estimate of drug-likeness (QED) is 0.598. The van der Waals surface area contributed by atoms with E-state index in [1.165, 1.54) is 13.2 Å². The number of hydrogen-bond donors (Lipinski definition) is 2. The molecule has 2 N–H and O–H groups in total. The summed E-state index contributed by atoms with van der Waals surface area (Å²) in [6, 6.07) is 2.39. The predicted octanol–water partition coefficient (Wildman–Crippen LogP) is 0.216. The Bertz CT molecular complexity index is 670. The highest BCUT2D eigenvalue weighted by atomic mass is 16.6. The van der Waals surface area contributed by atoms with Crippen LogP contribution in [0.5, 0.6) is 17.2 Å². The zero-order chi connectivity index (χ0) is 15.7. The molecule has 2 aliphatic heterocycles. The van der Waals surface area contributed by atoms with E-state index in [-0.39, 0.29) is 5.57 Å². The lowest BCUT2D eigenvalue weighted by Gasteiger charge is -2.21. The number of barbiturate groups is 1. The molecule has 0 bridgehead atoms. The van der Waals surface area contributed by atoms with Gasteiger partial charge in [0, 0.05) is 0 Å². The summed E-state index contributed by atoms with van der Waals surface area (Å²) in [5.41, 5.74) is 0.328. The SMILES string of the molecule is COc1cc(C=C2C(=O)NC(=O)NC2=O)cc2c1OCCO2. The number of imide groups is 2. The molecule has 0 unspecified atom stereocenters. The van der Waals surface area contributed by atoms with Gasteiger partial charge in [-0.25, -0.2) is 4.79 Å². The minimum atomic E-state index is -0.841. The molecule has 8 nitrogen and oxygen atoms in total. The van der Waals surface area contributed by atoms with Gasteiger partial charge in [-0.3, -0.25) is 20.2 Å². The van der Waals surface area contributed by atoms with Gasteiger partial charge < -0.3 is 14.2 Å². The lowest BCUT2D eigenvalue weighted by molar-refractivity contribution is -0.123. The first-order chi connectivity index (χ1) is 10.6. The van der Waals surface area contributed by atoms with Crippen molar-refractivity contribution >= 4 is 23.9 Å². The number of fused-ring (bicyclic) bond motifs is 1. The van der Waals surface area contributed by atoms with Crippen LogP contribution in [-0.4, -0.2) is 38.2 Å². The third-order valence-corrected chi connectivity index (χ3v) is 3.10. The van der Waals surface area contributed by atoms with Crippen LogP contribution in [0.15, 0.2) is 17.7 Å². The molecule has 0 aliphatic carbocycles. The van der Waals surface area contributed by atoms with Crippen LogP contribution in [0.25, 0.3) is 6.08 Å². The zero-order valence-corrected chi connectivity index (χ0v) is 11.6. The maximum Gasteiger partial charge on any atom is 0.328 e. The maximum absolute atomic E-state index is 11.7. The molecular weight excluding hydrogens is 292 g/mol. The number of methoxy groups -OCH3 is 1. The highest BCUT2D eigenvalue weighted by Gasteiger charge is 2.28. The summed E-state index contributed by atoms with van der Waals surface area (Å²) in [6.07, 6.45) is 1.35. The average Bonchev–Trinajstić information content (AvgIpc) is 2.50. The Kier molecular flexibility index (Phi) is 3.42. The normalized spacial score (nSPS) is 16.8. The molecule has 1 aromatic carbocycles. The average molecular weight is 304 g/mol. The van der Waals surface area contributed by atoms with E-state index in [1.807, 2.05) is 10.6 Å². The Labute approximate surface area is 125 Å². The number of urea groups is 1. The van der Waals surface area contributed by atoms with E-state index in [2.05, 4.69) is 0 Å². The van der Waals surface area contributed by atoms with Gasteiger partial charge in [-0.2, -0.15) is 0 Å². The minimum Gasteiger partial charge on any atom is -0.493 e. The van der Waals surface area contributed by atoms with Gasteiger partial charge in [-0.1, -0.05) is 0 Å². The van der Waals surface area contributed by atoms with Crippen LogP contribution in [-0.2, 0) is 9.59 Å². The second-order valence-electron chi connectivity index (χ2n) is 4.54. The molecule has 114 valence electrons. The van der Waals surface area contributed by atoms with Crippen LogP contribution >= 0.6 is 0 Å². The maximum atomic E-state index is 11.7. The largest absolute Gasteiger partial charge is 0.493 e. The van der Waals surface area contributed by atoms with E-state index in [9.17, 15) is 14.4 Å². The van der Waals surface area contributed by atoms with E-state index < -0.39 is 17.8 Å².